The van der Waals surface area contributed by atoms with Gasteiger partial charge in [0.05, 0.1) is 7.11 Å². The molecule has 0 aliphatic rings. The van der Waals surface area contributed by atoms with Crippen molar-refractivity contribution in [3.8, 4) is 5.75 Å². The number of hydrogen-bond acceptors (Lipinski definition) is 3. The van der Waals surface area contributed by atoms with E-state index in [2.05, 4.69) is 81.7 Å². The van der Waals surface area contributed by atoms with Gasteiger partial charge in [-0.15, -0.1) is 0 Å². The van der Waals surface area contributed by atoms with E-state index in [0.29, 0.717) is 13.0 Å². The normalized spacial score (nSPS) is 11.8. The molecule has 0 spiro atoms. The Morgan fingerprint density at radius 3 is 2.36 bits per heavy atom. The molecule has 36 heavy (non-hydrogen) atoms. The first-order valence-electron chi connectivity index (χ1n) is 12.1. The molecule has 1 amide bonds. The first-order valence-corrected chi connectivity index (χ1v) is 12.1. The second kappa shape index (κ2) is 10.9. The van der Waals surface area contributed by atoms with Crippen molar-refractivity contribution >= 4 is 16.8 Å². The Morgan fingerprint density at radius 2 is 1.61 bits per heavy atom. The quantitative estimate of drug-likeness (QED) is 0.287. The van der Waals surface area contributed by atoms with Crippen molar-refractivity contribution in [1.82, 2.24) is 14.9 Å². The number of benzene rings is 3. The largest absolute Gasteiger partial charge is 0.497 e. The predicted molar refractivity (Wildman–Crippen MR) is 143 cm³/mol. The molecule has 5 rings (SSSR count). The lowest BCUT2D eigenvalue weighted by Gasteiger charge is -2.18. The maximum absolute atomic E-state index is 13.2. The molecule has 2 heterocycles. The van der Waals surface area contributed by atoms with Gasteiger partial charge >= 0.3 is 0 Å². The van der Waals surface area contributed by atoms with Crippen LogP contribution in [0.15, 0.2) is 110 Å². The van der Waals surface area contributed by atoms with Crippen molar-refractivity contribution in [1.29, 1.82) is 0 Å². The Kier molecular flexibility index (Phi) is 7.08. The fourth-order valence-electron chi connectivity index (χ4n) is 4.67. The number of pyridine rings is 1. The lowest BCUT2D eigenvalue weighted by atomic mass is 9.88. The molecule has 1 atom stereocenters. The van der Waals surface area contributed by atoms with Gasteiger partial charge in [0.25, 0.3) is 0 Å². The van der Waals surface area contributed by atoms with Crippen LogP contribution in [0.2, 0.25) is 0 Å². The molecule has 0 fully saturated rings. The van der Waals surface area contributed by atoms with Gasteiger partial charge in [0.2, 0.25) is 5.91 Å². The molecule has 2 aromatic heterocycles. The highest BCUT2D eigenvalue weighted by molar-refractivity contribution is 5.86. The summed E-state index contributed by atoms with van der Waals surface area (Å²) in [6.07, 6.45) is 6.03. The predicted octanol–water partition coefficient (Wildman–Crippen LogP) is 5.93. The number of methoxy groups -OCH3 is 1. The molecule has 180 valence electrons. The van der Waals surface area contributed by atoms with Crippen molar-refractivity contribution in [2.75, 3.05) is 7.11 Å². The third kappa shape index (κ3) is 5.31. The van der Waals surface area contributed by atoms with Gasteiger partial charge in [-0.25, -0.2) is 0 Å². The van der Waals surface area contributed by atoms with Crippen LogP contribution >= 0.6 is 0 Å². The Bertz CT molecular complexity index is 1430. The highest BCUT2D eigenvalue weighted by Gasteiger charge is 2.23. The van der Waals surface area contributed by atoms with E-state index in [1.54, 1.807) is 19.5 Å². The van der Waals surface area contributed by atoms with Crippen LogP contribution in [0.3, 0.4) is 0 Å². The maximum Gasteiger partial charge on any atom is 0.221 e. The summed E-state index contributed by atoms with van der Waals surface area (Å²) in [6.45, 7) is 1.25. The zero-order valence-corrected chi connectivity index (χ0v) is 20.3. The number of nitrogens with one attached hydrogen (secondary N) is 1. The lowest BCUT2D eigenvalue weighted by molar-refractivity contribution is -0.121. The highest BCUT2D eigenvalue weighted by Crippen LogP contribution is 2.35. The molecule has 5 heteroatoms. The molecule has 0 bridgehead atoms. The number of nitrogens with zero attached hydrogens (tertiary/aromatic N) is 2. The molecule has 0 saturated heterocycles. The number of aromatic nitrogens is 2. The second-order valence-electron chi connectivity index (χ2n) is 8.88. The summed E-state index contributed by atoms with van der Waals surface area (Å²) in [5.74, 6) is 0.703. The minimum atomic E-state index is -0.102. The zero-order chi connectivity index (χ0) is 24.7. The van der Waals surface area contributed by atoms with Crippen molar-refractivity contribution < 1.29 is 9.53 Å². The SMILES string of the molecule is COc1ccc([C@H](CC(=O)NCc2ccncc2)c2cn(Cc3ccccc3)c3ccccc23)cc1. The van der Waals surface area contributed by atoms with E-state index in [0.717, 1.165) is 39.9 Å². The van der Waals surface area contributed by atoms with Crippen LogP contribution in [0.5, 0.6) is 5.75 Å². The van der Waals surface area contributed by atoms with Crippen LogP contribution < -0.4 is 10.1 Å². The molecule has 5 aromatic rings. The summed E-state index contributed by atoms with van der Waals surface area (Å²) < 4.78 is 7.66. The first-order chi connectivity index (χ1) is 17.7. The molecule has 0 unspecified atom stereocenters. The summed E-state index contributed by atoms with van der Waals surface area (Å²) in [4.78, 5) is 17.2. The smallest absolute Gasteiger partial charge is 0.221 e. The van der Waals surface area contributed by atoms with E-state index in [1.807, 2.05) is 30.3 Å². The molecular formula is C31H29N3O2. The molecule has 0 aliphatic carbocycles. The van der Waals surface area contributed by atoms with E-state index >= 15 is 0 Å². The summed E-state index contributed by atoms with van der Waals surface area (Å²) in [5.41, 5.74) is 5.65. The number of fused-ring (bicyclic) bond motifs is 1. The summed E-state index contributed by atoms with van der Waals surface area (Å²) in [6, 6.07) is 30.7. The standard InChI is InChI=1S/C31H29N3O2/c1-36-26-13-11-25(12-14-26)28(19-31(35)33-20-23-15-17-32-18-16-23)29-22-34(21-24-7-3-2-4-8-24)30-10-6-5-9-27(29)30/h2-18,22,28H,19-21H2,1H3,(H,33,35)/t28-/m0/s1. The summed E-state index contributed by atoms with van der Waals surface area (Å²) >= 11 is 0. The average molecular weight is 476 g/mol. The van der Waals surface area contributed by atoms with Crippen LogP contribution in [0.1, 0.15) is 34.6 Å². The number of carbonyl (C=O) groups excluding carboxylic acids is 1. The molecule has 0 saturated carbocycles. The summed E-state index contributed by atoms with van der Waals surface area (Å²) in [5, 5.41) is 4.25. The van der Waals surface area contributed by atoms with Crippen molar-refractivity contribution in [3.63, 3.8) is 0 Å². The number of ether oxygens (including phenoxy) is 1. The van der Waals surface area contributed by atoms with E-state index in [1.165, 1.54) is 5.56 Å². The van der Waals surface area contributed by atoms with Gasteiger partial charge in [-0.05, 0) is 52.6 Å². The number of hydrogen-bond donors (Lipinski definition) is 1. The number of amides is 1. The van der Waals surface area contributed by atoms with Gasteiger partial charge in [-0.1, -0.05) is 60.7 Å². The topological polar surface area (TPSA) is 56.1 Å². The molecule has 1 N–H and O–H groups in total. The fourth-order valence-corrected chi connectivity index (χ4v) is 4.67. The van der Waals surface area contributed by atoms with Gasteiger partial charge in [0.1, 0.15) is 5.75 Å². The van der Waals surface area contributed by atoms with Crippen LogP contribution in [0.25, 0.3) is 10.9 Å². The third-order valence-electron chi connectivity index (χ3n) is 6.54. The average Bonchev–Trinajstić information content (AvgIpc) is 3.30. The third-order valence-corrected chi connectivity index (χ3v) is 6.54. The van der Waals surface area contributed by atoms with Crippen LogP contribution in [0, 0.1) is 0 Å². The monoisotopic (exact) mass is 475 g/mol. The van der Waals surface area contributed by atoms with Crippen LogP contribution in [0.4, 0.5) is 0 Å². The first kappa shape index (κ1) is 23.4. The number of para-hydroxylation sites is 1. The lowest BCUT2D eigenvalue weighted by Crippen LogP contribution is -2.25. The Hall–Kier alpha value is -4.38. The number of rotatable bonds is 9. The summed E-state index contributed by atoms with van der Waals surface area (Å²) in [7, 11) is 1.66. The van der Waals surface area contributed by atoms with Crippen molar-refractivity contribution in [2.24, 2.45) is 0 Å². The van der Waals surface area contributed by atoms with Crippen molar-refractivity contribution in [3.05, 3.63) is 132 Å². The highest BCUT2D eigenvalue weighted by atomic mass is 16.5. The van der Waals surface area contributed by atoms with Gasteiger partial charge in [0.15, 0.2) is 0 Å². The van der Waals surface area contributed by atoms with Gasteiger partial charge in [-0.3, -0.25) is 9.78 Å². The van der Waals surface area contributed by atoms with Gasteiger partial charge in [-0.2, -0.15) is 0 Å². The Balaban J connectivity index is 1.49. The molecular weight excluding hydrogens is 446 g/mol. The van der Waals surface area contributed by atoms with E-state index in [4.69, 9.17) is 4.74 Å². The molecule has 3 aromatic carbocycles. The van der Waals surface area contributed by atoms with E-state index in [9.17, 15) is 4.79 Å². The van der Waals surface area contributed by atoms with E-state index in [-0.39, 0.29) is 11.8 Å². The van der Waals surface area contributed by atoms with Crippen molar-refractivity contribution in [2.45, 2.75) is 25.4 Å². The Morgan fingerprint density at radius 1 is 0.889 bits per heavy atom. The van der Waals surface area contributed by atoms with Crippen LogP contribution in [-0.2, 0) is 17.9 Å². The zero-order valence-electron chi connectivity index (χ0n) is 20.3. The molecule has 0 radical (unpaired) electrons. The Labute approximate surface area is 211 Å². The van der Waals surface area contributed by atoms with Gasteiger partial charge < -0.3 is 14.6 Å². The molecule has 0 aliphatic heterocycles. The molecule has 5 nitrogen and oxygen atoms in total. The van der Waals surface area contributed by atoms with Crippen LogP contribution in [-0.4, -0.2) is 22.6 Å². The second-order valence-corrected chi connectivity index (χ2v) is 8.88. The minimum absolute atomic E-state index is 0.00696. The van der Waals surface area contributed by atoms with E-state index < -0.39 is 0 Å². The van der Waals surface area contributed by atoms with Gasteiger partial charge in [0, 0.05) is 54.9 Å². The number of carbonyl (C=O) groups is 1. The minimum Gasteiger partial charge on any atom is -0.497 e. The fraction of sp³-hybridized carbons (Fsp3) is 0.161. The maximum atomic E-state index is 13.2.